The highest BCUT2D eigenvalue weighted by molar-refractivity contribution is 7.89. The lowest BCUT2D eigenvalue weighted by Crippen LogP contribution is -2.24. The monoisotopic (exact) mass is 297 g/mol. The van der Waals surface area contributed by atoms with Crippen molar-refractivity contribution < 1.29 is 17.8 Å². The number of rotatable bonds is 5. The third-order valence-electron chi connectivity index (χ3n) is 2.54. The van der Waals surface area contributed by atoms with Crippen molar-refractivity contribution in [1.82, 2.24) is 4.72 Å². The lowest BCUT2D eigenvalue weighted by Gasteiger charge is -2.08. The van der Waals surface area contributed by atoms with Gasteiger partial charge in [0.05, 0.1) is 23.1 Å². The summed E-state index contributed by atoms with van der Waals surface area (Å²) < 4.78 is 31.2. The van der Waals surface area contributed by atoms with Crippen LogP contribution in [0.15, 0.2) is 46.1 Å². The van der Waals surface area contributed by atoms with Crippen LogP contribution in [0.1, 0.15) is 5.56 Å². The van der Waals surface area contributed by atoms with Crippen LogP contribution in [0.2, 0.25) is 0 Å². The number of nitro groups is 1. The molecular formula is C11H11N3O5S. The van der Waals surface area contributed by atoms with Crippen LogP contribution in [-0.4, -0.2) is 13.3 Å². The molecule has 0 saturated carbocycles. The molecule has 0 saturated heterocycles. The molecule has 0 aliphatic heterocycles. The molecule has 0 aliphatic carbocycles. The zero-order chi connectivity index (χ0) is 14.8. The molecule has 0 amide bonds. The summed E-state index contributed by atoms with van der Waals surface area (Å²) in [6, 6.07) is 4.81. The summed E-state index contributed by atoms with van der Waals surface area (Å²) >= 11 is 0. The maximum atomic E-state index is 12.0. The summed E-state index contributed by atoms with van der Waals surface area (Å²) in [7, 11) is -3.85. The van der Waals surface area contributed by atoms with Gasteiger partial charge >= 0.3 is 0 Å². The van der Waals surface area contributed by atoms with E-state index in [1.54, 1.807) is 6.07 Å². The number of benzene rings is 1. The summed E-state index contributed by atoms with van der Waals surface area (Å²) in [4.78, 5) is 9.72. The molecule has 106 valence electrons. The van der Waals surface area contributed by atoms with E-state index >= 15 is 0 Å². The highest BCUT2D eigenvalue weighted by Gasteiger charge is 2.19. The number of anilines is 1. The number of sulfonamides is 1. The van der Waals surface area contributed by atoms with E-state index in [1.807, 2.05) is 0 Å². The molecule has 0 bridgehead atoms. The average molecular weight is 297 g/mol. The van der Waals surface area contributed by atoms with Gasteiger partial charge in [0.2, 0.25) is 10.0 Å². The number of hydrogen-bond donors (Lipinski definition) is 2. The summed E-state index contributed by atoms with van der Waals surface area (Å²) in [6.45, 7) is 0.0370. The third kappa shape index (κ3) is 2.95. The van der Waals surface area contributed by atoms with Gasteiger partial charge in [0.25, 0.3) is 5.69 Å². The molecular weight excluding hydrogens is 286 g/mol. The van der Waals surface area contributed by atoms with Crippen LogP contribution >= 0.6 is 0 Å². The van der Waals surface area contributed by atoms with E-state index in [2.05, 4.69) is 4.72 Å². The minimum absolute atomic E-state index is 0.0370. The standard InChI is InChI=1S/C11H11N3O5S/c12-10-5-9(14(15)16)1-2-11(10)20(17,18)13-6-8-3-4-19-7-8/h1-5,7,13H,6,12H2. The molecule has 0 unspecified atom stereocenters. The average Bonchev–Trinajstić information content (AvgIpc) is 2.89. The van der Waals surface area contributed by atoms with E-state index in [1.165, 1.54) is 12.5 Å². The van der Waals surface area contributed by atoms with E-state index in [-0.39, 0.29) is 22.8 Å². The van der Waals surface area contributed by atoms with Crippen molar-refractivity contribution >= 4 is 21.4 Å². The second-order valence-corrected chi connectivity index (χ2v) is 5.67. The summed E-state index contributed by atoms with van der Waals surface area (Å²) in [6.07, 6.45) is 2.82. The van der Waals surface area contributed by atoms with Gasteiger partial charge in [-0.2, -0.15) is 0 Å². The first kappa shape index (κ1) is 14.0. The Hall–Kier alpha value is -2.39. The van der Waals surface area contributed by atoms with Gasteiger partial charge in [-0.1, -0.05) is 0 Å². The van der Waals surface area contributed by atoms with Gasteiger partial charge in [0, 0.05) is 24.2 Å². The Morgan fingerprint density at radius 3 is 2.65 bits per heavy atom. The van der Waals surface area contributed by atoms with Crippen LogP contribution in [0, 0.1) is 10.1 Å². The van der Waals surface area contributed by atoms with Crippen molar-refractivity contribution in [1.29, 1.82) is 0 Å². The van der Waals surface area contributed by atoms with Crippen LogP contribution in [0.4, 0.5) is 11.4 Å². The predicted molar refractivity (Wildman–Crippen MR) is 70.2 cm³/mol. The van der Waals surface area contributed by atoms with Crippen molar-refractivity contribution in [3.05, 3.63) is 52.5 Å². The van der Waals surface area contributed by atoms with Gasteiger partial charge in [-0.05, 0) is 12.1 Å². The molecule has 0 atom stereocenters. The molecule has 0 fully saturated rings. The molecule has 8 nitrogen and oxygen atoms in total. The van der Waals surface area contributed by atoms with E-state index in [4.69, 9.17) is 10.2 Å². The molecule has 1 heterocycles. The lowest BCUT2D eigenvalue weighted by atomic mass is 10.3. The molecule has 1 aromatic carbocycles. The van der Waals surface area contributed by atoms with Crippen molar-refractivity contribution in [2.24, 2.45) is 0 Å². The van der Waals surface area contributed by atoms with Gasteiger partial charge in [-0.15, -0.1) is 0 Å². The molecule has 0 aliphatic rings. The second kappa shape index (κ2) is 5.31. The van der Waals surface area contributed by atoms with Crippen LogP contribution in [0.5, 0.6) is 0 Å². The van der Waals surface area contributed by atoms with E-state index in [0.29, 0.717) is 5.56 Å². The lowest BCUT2D eigenvalue weighted by molar-refractivity contribution is -0.384. The molecule has 9 heteroatoms. The fraction of sp³-hybridized carbons (Fsp3) is 0.0909. The fourth-order valence-electron chi connectivity index (χ4n) is 1.54. The van der Waals surface area contributed by atoms with Crippen molar-refractivity contribution in [2.75, 3.05) is 5.73 Å². The van der Waals surface area contributed by atoms with Crippen molar-refractivity contribution in [3.8, 4) is 0 Å². The number of nitrogen functional groups attached to an aromatic ring is 1. The highest BCUT2D eigenvalue weighted by atomic mass is 32.2. The number of furan rings is 1. The van der Waals surface area contributed by atoms with Crippen LogP contribution in [-0.2, 0) is 16.6 Å². The summed E-state index contributed by atoms with van der Waals surface area (Å²) in [5.74, 6) is 0. The van der Waals surface area contributed by atoms with Crippen LogP contribution in [0.3, 0.4) is 0 Å². The smallest absolute Gasteiger partial charge is 0.271 e. The highest BCUT2D eigenvalue weighted by Crippen LogP contribution is 2.23. The molecule has 3 N–H and O–H groups in total. The van der Waals surface area contributed by atoms with E-state index in [9.17, 15) is 18.5 Å². The Kier molecular flexibility index (Phi) is 3.72. The number of nitrogens with two attached hydrogens (primary N) is 1. The molecule has 2 aromatic rings. The molecule has 0 radical (unpaired) electrons. The van der Waals surface area contributed by atoms with Gasteiger partial charge in [-0.3, -0.25) is 10.1 Å². The first-order chi connectivity index (χ1) is 9.40. The van der Waals surface area contributed by atoms with E-state index < -0.39 is 14.9 Å². The van der Waals surface area contributed by atoms with Crippen LogP contribution < -0.4 is 10.5 Å². The molecule has 2 rings (SSSR count). The number of nitro benzene ring substituents is 1. The summed E-state index contributed by atoms with van der Waals surface area (Å²) in [5, 5.41) is 10.6. The normalized spacial score (nSPS) is 11.4. The summed E-state index contributed by atoms with van der Waals surface area (Å²) in [5.41, 5.74) is 5.75. The number of nitrogens with zero attached hydrogens (tertiary/aromatic N) is 1. The molecule has 1 aromatic heterocycles. The Bertz CT molecular complexity index is 725. The van der Waals surface area contributed by atoms with Gasteiger partial charge in [0.15, 0.2) is 0 Å². The number of hydrogen-bond acceptors (Lipinski definition) is 6. The predicted octanol–water partition coefficient (Wildman–Crippen LogP) is 1.25. The Morgan fingerprint density at radius 1 is 1.35 bits per heavy atom. The minimum atomic E-state index is -3.85. The largest absolute Gasteiger partial charge is 0.472 e. The maximum absolute atomic E-state index is 12.0. The van der Waals surface area contributed by atoms with Gasteiger partial charge in [-0.25, -0.2) is 13.1 Å². The molecule has 20 heavy (non-hydrogen) atoms. The first-order valence-electron chi connectivity index (χ1n) is 5.45. The van der Waals surface area contributed by atoms with Crippen LogP contribution in [0.25, 0.3) is 0 Å². The van der Waals surface area contributed by atoms with Gasteiger partial charge in [0.1, 0.15) is 4.90 Å². The number of non-ortho nitro benzene ring substituents is 1. The first-order valence-corrected chi connectivity index (χ1v) is 6.93. The second-order valence-electron chi connectivity index (χ2n) is 3.94. The van der Waals surface area contributed by atoms with Crippen molar-refractivity contribution in [2.45, 2.75) is 11.4 Å². The Labute approximate surface area is 114 Å². The zero-order valence-electron chi connectivity index (χ0n) is 10.1. The maximum Gasteiger partial charge on any atom is 0.271 e. The fourth-order valence-corrected chi connectivity index (χ4v) is 2.67. The number of nitrogens with one attached hydrogen (secondary N) is 1. The minimum Gasteiger partial charge on any atom is -0.472 e. The van der Waals surface area contributed by atoms with Crippen molar-refractivity contribution in [3.63, 3.8) is 0 Å². The Balaban J connectivity index is 2.23. The van der Waals surface area contributed by atoms with Gasteiger partial charge < -0.3 is 10.2 Å². The molecule has 0 spiro atoms. The topological polar surface area (TPSA) is 128 Å². The third-order valence-corrected chi connectivity index (χ3v) is 4.02. The Morgan fingerprint density at radius 2 is 2.10 bits per heavy atom. The zero-order valence-corrected chi connectivity index (χ0v) is 11.0. The van der Waals surface area contributed by atoms with E-state index in [0.717, 1.165) is 18.2 Å². The quantitative estimate of drug-likeness (QED) is 0.485. The SMILES string of the molecule is Nc1cc([N+](=O)[O-])ccc1S(=O)(=O)NCc1ccoc1.